The van der Waals surface area contributed by atoms with Gasteiger partial charge in [-0.25, -0.2) is 4.98 Å². The van der Waals surface area contributed by atoms with Crippen LogP contribution in [0.5, 0.6) is 5.75 Å². The van der Waals surface area contributed by atoms with Gasteiger partial charge in [-0.05, 0) is 35.9 Å². The second-order valence-corrected chi connectivity index (χ2v) is 8.58. The van der Waals surface area contributed by atoms with Gasteiger partial charge in [0.15, 0.2) is 0 Å². The van der Waals surface area contributed by atoms with Crippen molar-refractivity contribution < 1.29 is 4.74 Å². The van der Waals surface area contributed by atoms with Gasteiger partial charge in [-0.2, -0.15) is 0 Å². The Labute approximate surface area is 206 Å². The lowest BCUT2D eigenvalue weighted by Crippen LogP contribution is -2.38. The molecule has 1 aliphatic rings. The van der Waals surface area contributed by atoms with Gasteiger partial charge in [-0.3, -0.25) is 0 Å². The van der Waals surface area contributed by atoms with Crippen molar-refractivity contribution in [3.8, 4) is 5.75 Å². The molecule has 4 nitrogen and oxygen atoms in total. The molecule has 0 radical (unpaired) electrons. The molecule has 1 aromatic heterocycles. The third kappa shape index (κ3) is 5.70. The van der Waals surface area contributed by atoms with Gasteiger partial charge in [0.2, 0.25) is 0 Å². The summed E-state index contributed by atoms with van der Waals surface area (Å²) in [6.45, 7) is 2.62. The highest BCUT2D eigenvalue weighted by atomic mass is 35.5. The first-order chi connectivity index (χ1) is 15.7. The highest BCUT2D eigenvalue weighted by Crippen LogP contribution is 2.31. The van der Waals surface area contributed by atoms with Gasteiger partial charge < -0.3 is 15.0 Å². The van der Waals surface area contributed by atoms with Crippen molar-refractivity contribution in [1.29, 1.82) is 0 Å². The molecule has 1 fully saturated rings. The van der Waals surface area contributed by atoms with Crippen molar-refractivity contribution in [1.82, 2.24) is 4.98 Å². The topological polar surface area (TPSA) is 37.4 Å². The molecule has 2 heterocycles. The molecule has 0 saturated carbocycles. The number of ether oxygens (including phenoxy) is 1. The lowest BCUT2D eigenvalue weighted by atomic mass is 10.1. The number of nitrogens with one attached hydrogen (secondary N) is 1. The third-order valence-corrected chi connectivity index (χ3v) is 6.16. The molecule has 1 saturated heterocycles. The molecule has 6 heteroatoms. The standard InChI is InChI=1S/C27H26ClN3O.ClH/c28-21-12-10-20(11-13-21)19-29-27-18-26(24-8-4-5-9-25(24)30-27)31-16-14-23(15-17-31)32-22-6-2-1-3-7-22;/h1-13,18,23H,14-17,19H2,(H,29,30);1H. The number of benzene rings is 3. The van der Waals surface area contributed by atoms with Crippen molar-refractivity contribution >= 4 is 46.4 Å². The van der Waals surface area contributed by atoms with Crippen LogP contribution in [0.2, 0.25) is 5.02 Å². The van der Waals surface area contributed by atoms with Crippen LogP contribution in [0.25, 0.3) is 10.9 Å². The highest BCUT2D eigenvalue weighted by molar-refractivity contribution is 6.30. The Morgan fingerprint density at radius 2 is 1.61 bits per heavy atom. The summed E-state index contributed by atoms with van der Waals surface area (Å²) in [4.78, 5) is 7.31. The molecule has 3 aromatic carbocycles. The van der Waals surface area contributed by atoms with E-state index in [9.17, 15) is 0 Å². The molecule has 0 aliphatic carbocycles. The van der Waals surface area contributed by atoms with Gasteiger partial charge in [0.05, 0.1) is 5.52 Å². The minimum atomic E-state index is 0. The number of piperidine rings is 1. The van der Waals surface area contributed by atoms with Crippen molar-refractivity contribution in [3.05, 3.63) is 95.5 Å². The van der Waals surface area contributed by atoms with Crippen LogP contribution in [0, 0.1) is 0 Å². The van der Waals surface area contributed by atoms with E-state index in [4.69, 9.17) is 21.3 Å². The molecular weight excluding hydrogens is 453 g/mol. The van der Waals surface area contributed by atoms with Gasteiger partial charge in [-0.1, -0.05) is 60.1 Å². The zero-order valence-corrected chi connectivity index (χ0v) is 19.9. The molecule has 4 aromatic rings. The Hall–Kier alpha value is -2.95. The fourth-order valence-electron chi connectivity index (χ4n) is 4.21. The first-order valence-electron chi connectivity index (χ1n) is 11.1. The summed E-state index contributed by atoms with van der Waals surface area (Å²) in [5.41, 5.74) is 3.41. The van der Waals surface area contributed by atoms with Crippen LogP contribution in [0.15, 0.2) is 84.9 Å². The molecule has 5 rings (SSSR count). The van der Waals surface area contributed by atoms with Crippen LogP contribution in [-0.4, -0.2) is 24.2 Å². The first kappa shape index (κ1) is 23.2. The van der Waals surface area contributed by atoms with E-state index < -0.39 is 0 Å². The average Bonchev–Trinajstić information content (AvgIpc) is 2.84. The van der Waals surface area contributed by atoms with E-state index in [1.54, 1.807) is 0 Å². The predicted molar refractivity (Wildman–Crippen MR) is 140 cm³/mol. The quantitative estimate of drug-likeness (QED) is 0.323. The molecule has 1 N–H and O–H groups in total. The fourth-order valence-corrected chi connectivity index (χ4v) is 4.34. The lowest BCUT2D eigenvalue weighted by Gasteiger charge is -2.34. The normalized spacial score (nSPS) is 14.0. The minimum absolute atomic E-state index is 0. The number of hydrogen-bond acceptors (Lipinski definition) is 4. The Kier molecular flexibility index (Phi) is 7.58. The van der Waals surface area contributed by atoms with Crippen molar-refractivity contribution in [3.63, 3.8) is 0 Å². The largest absolute Gasteiger partial charge is 0.490 e. The van der Waals surface area contributed by atoms with Crippen LogP contribution in [-0.2, 0) is 6.54 Å². The van der Waals surface area contributed by atoms with Gasteiger partial charge >= 0.3 is 0 Å². The lowest BCUT2D eigenvalue weighted by molar-refractivity contribution is 0.171. The Balaban J connectivity index is 0.00000259. The fraction of sp³-hybridized carbons (Fsp3) is 0.222. The average molecular weight is 480 g/mol. The number of anilines is 2. The van der Waals surface area contributed by atoms with Crippen LogP contribution in [0.4, 0.5) is 11.5 Å². The minimum Gasteiger partial charge on any atom is -0.490 e. The van der Waals surface area contributed by atoms with Crippen LogP contribution in [0.1, 0.15) is 18.4 Å². The van der Waals surface area contributed by atoms with Crippen LogP contribution < -0.4 is 15.0 Å². The maximum absolute atomic E-state index is 6.19. The zero-order chi connectivity index (χ0) is 21.8. The number of pyridine rings is 1. The SMILES string of the molecule is Cl.Clc1ccc(CNc2cc(N3CCC(Oc4ccccc4)CC3)c3ccccc3n2)cc1. The molecule has 170 valence electrons. The number of aromatic nitrogens is 1. The Morgan fingerprint density at radius 3 is 2.36 bits per heavy atom. The smallest absolute Gasteiger partial charge is 0.129 e. The Morgan fingerprint density at radius 1 is 0.909 bits per heavy atom. The second kappa shape index (κ2) is 10.8. The van der Waals surface area contributed by atoms with Gasteiger partial charge in [0.1, 0.15) is 17.7 Å². The Bertz CT molecular complexity index is 1180. The predicted octanol–water partition coefficient (Wildman–Crippen LogP) is 6.97. The monoisotopic (exact) mass is 479 g/mol. The first-order valence-corrected chi connectivity index (χ1v) is 11.5. The molecule has 1 aliphatic heterocycles. The number of rotatable bonds is 6. The second-order valence-electron chi connectivity index (χ2n) is 8.14. The number of halogens is 2. The maximum atomic E-state index is 6.19. The summed E-state index contributed by atoms with van der Waals surface area (Å²) >= 11 is 6.01. The molecule has 0 unspecified atom stereocenters. The van der Waals surface area contributed by atoms with Crippen molar-refractivity contribution in [2.24, 2.45) is 0 Å². The van der Waals surface area contributed by atoms with Gasteiger partial charge in [-0.15, -0.1) is 12.4 Å². The van der Waals surface area contributed by atoms with Crippen molar-refractivity contribution in [2.45, 2.75) is 25.5 Å². The van der Waals surface area contributed by atoms with Crippen LogP contribution >= 0.6 is 24.0 Å². The van der Waals surface area contributed by atoms with E-state index in [1.165, 1.54) is 16.6 Å². The summed E-state index contributed by atoms with van der Waals surface area (Å²) in [7, 11) is 0. The van der Waals surface area contributed by atoms with E-state index in [-0.39, 0.29) is 18.5 Å². The number of nitrogens with zero attached hydrogens (tertiary/aromatic N) is 2. The van der Waals surface area contributed by atoms with E-state index in [0.717, 1.165) is 48.0 Å². The molecular formula is C27H27Cl2N3O. The van der Waals surface area contributed by atoms with E-state index in [1.807, 2.05) is 60.7 Å². The summed E-state index contributed by atoms with van der Waals surface area (Å²) in [6.07, 6.45) is 2.25. The number of fused-ring (bicyclic) bond motifs is 1. The van der Waals surface area contributed by atoms with Crippen molar-refractivity contribution in [2.75, 3.05) is 23.3 Å². The van der Waals surface area contributed by atoms with Gasteiger partial charge in [0, 0.05) is 54.6 Å². The van der Waals surface area contributed by atoms with E-state index >= 15 is 0 Å². The molecule has 0 spiro atoms. The highest BCUT2D eigenvalue weighted by Gasteiger charge is 2.22. The maximum Gasteiger partial charge on any atom is 0.129 e. The zero-order valence-electron chi connectivity index (χ0n) is 18.3. The number of para-hydroxylation sites is 2. The number of hydrogen-bond donors (Lipinski definition) is 1. The van der Waals surface area contributed by atoms with E-state index in [2.05, 4.69) is 34.5 Å². The van der Waals surface area contributed by atoms with E-state index in [0.29, 0.717) is 6.54 Å². The van der Waals surface area contributed by atoms with Gasteiger partial charge in [0.25, 0.3) is 0 Å². The summed E-state index contributed by atoms with van der Waals surface area (Å²) in [6, 6.07) is 28.6. The van der Waals surface area contributed by atoms with Crippen LogP contribution in [0.3, 0.4) is 0 Å². The molecule has 0 amide bonds. The third-order valence-electron chi connectivity index (χ3n) is 5.91. The molecule has 33 heavy (non-hydrogen) atoms. The molecule has 0 atom stereocenters. The summed E-state index contributed by atoms with van der Waals surface area (Å²) in [5, 5.41) is 5.42. The molecule has 0 bridgehead atoms. The summed E-state index contributed by atoms with van der Waals surface area (Å²) < 4.78 is 6.19. The summed E-state index contributed by atoms with van der Waals surface area (Å²) in [5.74, 6) is 1.84.